The minimum Gasteiger partial charge on any atom is -0.333 e. The lowest BCUT2D eigenvalue weighted by atomic mass is 10.2. The Balaban J connectivity index is 1.76. The smallest absolute Gasteiger partial charge is 0.269 e. The standard InChI is InChI=1S/C14H9Br2N3O2S/c15-9-5-11(16)13-12(6-9)17-14(18-13)22-7-8-1-3-10(4-2-8)19(20)21/h1-6H,7H2,(H,17,18). The number of H-pyrrole nitrogens is 1. The molecule has 0 fully saturated rings. The van der Waals surface area contributed by atoms with E-state index in [1.54, 1.807) is 23.9 Å². The van der Waals surface area contributed by atoms with Crippen molar-refractivity contribution >= 4 is 60.3 Å². The third kappa shape index (κ3) is 3.34. The fourth-order valence-electron chi connectivity index (χ4n) is 1.95. The number of fused-ring (bicyclic) bond motifs is 1. The third-order valence-electron chi connectivity index (χ3n) is 3.01. The molecular formula is C14H9Br2N3O2S. The minimum absolute atomic E-state index is 0.103. The van der Waals surface area contributed by atoms with Gasteiger partial charge in [-0.1, -0.05) is 39.8 Å². The number of nitrogens with one attached hydrogen (secondary N) is 1. The highest BCUT2D eigenvalue weighted by Crippen LogP contribution is 2.30. The molecule has 1 aromatic heterocycles. The van der Waals surface area contributed by atoms with Crippen molar-refractivity contribution in [1.82, 2.24) is 9.97 Å². The molecule has 0 aliphatic heterocycles. The van der Waals surface area contributed by atoms with E-state index < -0.39 is 4.92 Å². The molecule has 8 heteroatoms. The molecule has 0 saturated carbocycles. The maximum absolute atomic E-state index is 10.6. The molecule has 0 unspecified atom stereocenters. The largest absolute Gasteiger partial charge is 0.333 e. The number of thioether (sulfide) groups is 1. The van der Waals surface area contributed by atoms with Crippen molar-refractivity contribution in [3.05, 3.63) is 61.0 Å². The number of nitrogens with zero attached hydrogens (tertiary/aromatic N) is 2. The summed E-state index contributed by atoms with van der Waals surface area (Å²) in [6.07, 6.45) is 0. The quantitative estimate of drug-likeness (QED) is 0.338. The molecule has 0 saturated heterocycles. The van der Waals surface area contributed by atoms with Gasteiger partial charge in [0.15, 0.2) is 5.16 Å². The Kier molecular flexibility index (Phi) is 4.51. The van der Waals surface area contributed by atoms with Gasteiger partial charge in [-0.3, -0.25) is 10.1 Å². The van der Waals surface area contributed by atoms with Crippen LogP contribution < -0.4 is 0 Å². The molecule has 5 nitrogen and oxygen atoms in total. The summed E-state index contributed by atoms with van der Waals surface area (Å²) < 4.78 is 1.90. The van der Waals surface area contributed by atoms with Crippen molar-refractivity contribution in [2.45, 2.75) is 10.9 Å². The second kappa shape index (κ2) is 6.39. The average Bonchev–Trinajstić information content (AvgIpc) is 2.89. The Hall–Kier alpha value is -1.38. The molecule has 0 atom stereocenters. The van der Waals surface area contributed by atoms with Crippen molar-refractivity contribution < 1.29 is 4.92 Å². The van der Waals surface area contributed by atoms with Gasteiger partial charge in [0.1, 0.15) is 5.52 Å². The van der Waals surface area contributed by atoms with Gasteiger partial charge in [-0.15, -0.1) is 0 Å². The van der Waals surface area contributed by atoms with Crippen LogP contribution in [0.3, 0.4) is 0 Å². The first-order valence-electron chi connectivity index (χ1n) is 6.24. The number of nitro groups is 1. The van der Waals surface area contributed by atoms with Crippen LogP contribution in [0.15, 0.2) is 50.5 Å². The summed E-state index contributed by atoms with van der Waals surface area (Å²) in [5.41, 5.74) is 2.95. The van der Waals surface area contributed by atoms with Gasteiger partial charge in [0.25, 0.3) is 5.69 Å². The molecule has 0 spiro atoms. The molecule has 1 heterocycles. The molecule has 2 aromatic carbocycles. The molecular weight excluding hydrogens is 434 g/mol. The predicted molar refractivity (Wildman–Crippen MR) is 94.2 cm³/mol. The molecule has 0 radical (unpaired) electrons. The van der Waals surface area contributed by atoms with Gasteiger partial charge in [-0.05, 0) is 33.6 Å². The van der Waals surface area contributed by atoms with E-state index in [1.165, 1.54) is 12.1 Å². The molecule has 0 bridgehead atoms. The Morgan fingerprint density at radius 2 is 1.95 bits per heavy atom. The highest BCUT2D eigenvalue weighted by molar-refractivity contribution is 9.11. The van der Waals surface area contributed by atoms with Crippen LogP contribution in [0.5, 0.6) is 0 Å². The van der Waals surface area contributed by atoms with Gasteiger partial charge in [0, 0.05) is 26.8 Å². The van der Waals surface area contributed by atoms with Crippen LogP contribution in [0.25, 0.3) is 11.0 Å². The number of nitro benzene ring substituents is 1. The zero-order valence-electron chi connectivity index (χ0n) is 11.0. The van der Waals surface area contributed by atoms with Crippen LogP contribution in [0.2, 0.25) is 0 Å². The first-order chi connectivity index (χ1) is 10.5. The van der Waals surface area contributed by atoms with E-state index >= 15 is 0 Å². The summed E-state index contributed by atoms with van der Waals surface area (Å²) in [5, 5.41) is 11.4. The van der Waals surface area contributed by atoms with Gasteiger partial charge in [0.05, 0.1) is 10.4 Å². The monoisotopic (exact) mass is 441 g/mol. The van der Waals surface area contributed by atoms with Crippen molar-refractivity contribution in [2.24, 2.45) is 0 Å². The lowest BCUT2D eigenvalue weighted by molar-refractivity contribution is -0.384. The Labute approximate surface area is 146 Å². The van der Waals surface area contributed by atoms with Crippen LogP contribution in [0, 0.1) is 10.1 Å². The molecule has 112 valence electrons. The van der Waals surface area contributed by atoms with Crippen LogP contribution in [-0.4, -0.2) is 14.9 Å². The number of imidazole rings is 1. The predicted octanol–water partition coefficient (Wildman–Crippen LogP) is 5.29. The van der Waals surface area contributed by atoms with E-state index in [0.29, 0.717) is 5.75 Å². The van der Waals surface area contributed by atoms with Crippen LogP contribution >= 0.6 is 43.6 Å². The third-order valence-corrected chi connectivity index (χ3v) is 5.01. The van der Waals surface area contributed by atoms with Gasteiger partial charge < -0.3 is 4.98 Å². The van der Waals surface area contributed by atoms with E-state index in [9.17, 15) is 10.1 Å². The Bertz CT molecular complexity index is 849. The number of halogens is 2. The highest BCUT2D eigenvalue weighted by atomic mass is 79.9. The van der Waals surface area contributed by atoms with Crippen LogP contribution in [0.4, 0.5) is 5.69 Å². The van der Waals surface area contributed by atoms with Crippen molar-refractivity contribution in [3.8, 4) is 0 Å². The SMILES string of the molecule is O=[N+]([O-])c1ccc(CSc2nc3c(Br)cc(Br)cc3[nH]2)cc1. The minimum atomic E-state index is -0.397. The maximum atomic E-state index is 10.6. The van der Waals surface area contributed by atoms with Crippen molar-refractivity contribution in [1.29, 1.82) is 0 Å². The first-order valence-corrected chi connectivity index (χ1v) is 8.81. The summed E-state index contributed by atoms with van der Waals surface area (Å²) in [6, 6.07) is 10.5. The lowest BCUT2D eigenvalue weighted by Crippen LogP contribution is -1.88. The van der Waals surface area contributed by atoms with Crippen molar-refractivity contribution in [3.63, 3.8) is 0 Å². The van der Waals surface area contributed by atoms with Crippen molar-refractivity contribution in [2.75, 3.05) is 0 Å². The summed E-state index contributed by atoms with van der Waals surface area (Å²) in [6.45, 7) is 0. The van der Waals surface area contributed by atoms with E-state index in [2.05, 4.69) is 41.8 Å². The zero-order chi connectivity index (χ0) is 15.7. The molecule has 3 aromatic rings. The molecule has 0 aliphatic rings. The second-order valence-corrected chi connectivity index (χ2v) is 7.27. The fraction of sp³-hybridized carbons (Fsp3) is 0.0714. The molecule has 1 N–H and O–H groups in total. The average molecular weight is 443 g/mol. The number of hydrogen-bond donors (Lipinski definition) is 1. The summed E-state index contributed by atoms with van der Waals surface area (Å²) in [4.78, 5) is 18.0. The molecule has 22 heavy (non-hydrogen) atoms. The van der Waals surface area contributed by atoms with E-state index in [4.69, 9.17) is 0 Å². The number of rotatable bonds is 4. The van der Waals surface area contributed by atoms with Gasteiger partial charge in [-0.2, -0.15) is 0 Å². The molecule has 3 rings (SSSR count). The maximum Gasteiger partial charge on any atom is 0.269 e. The molecule has 0 amide bonds. The fourth-order valence-corrected chi connectivity index (χ4v) is 4.10. The number of benzene rings is 2. The van der Waals surface area contributed by atoms with Gasteiger partial charge in [-0.25, -0.2) is 4.98 Å². The lowest BCUT2D eigenvalue weighted by Gasteiger charge is -1.98. The van der Waals surface area contributed by atoms with Gasteiger partial charge >= 0.3 is 0 Å². The van der Waals surface area contributed by atoms with E-state index in [0.717, 1.165) is 30.7 Å². The number of non-ortho nitro benzene ring substituents is 1. The van der Waals surface area contributed by atoms with E-state index in [1.807, 2.05) is 12.1 Å². The summed E-state index contributed by atoms with van der Waals surface area (Å²) in [7, 11) is 0. The summed E-state index contributed by atoms with van der Waals surface area (Å²) in [5.74, 6) is 0.691. The summed E-state index contributed by atoms with van der Waals surface area (Å²) >= 11 is 8.50. The Morgan fingerprint density at radius 3 is 2.64 bits per heavy atom. The number of aromatic nitrogens is 2. The van der Waals surface area contributed by atoms with Crippen LogP contribution in [0.1, 0.15) is 5.56 Å². The van der Waals surface area contributed by atoms with Crippen LogP contribution in [-0.2, 0) is 5.75 Å². The zero-order valence-corrected chi connectivity index (χ0v) is 15.0. The normalized spacial score (nSPS) is 11.0. The van der Waals surface area contributed by atoms with E-state index in [-0.39, 0.29) is 5.69 Å². The topological polar surface area (TPSA) is 71.8 Å². The second-order valence-electron chi connectivity index (χ2n) is 4.54. The number of hydrogen-bond acceptors (Lipinski definition) is 4. The Morgan fingerprint density at radius 1 is 1.23 bits per heavy atom. The molecule has 0 aliphatic carbocycles. The van der Waals surface area contributed by atoms with Gasteiger partial charge in [0.2, 0.25) is 0 Å². The number of aromatic amines is 1. The highest BCUT2D eigenvalue weighted by Gasteiger charge is 2.09. The first kappa shape index (κ1) is 15.5.